The summed E-state index contributed by atoms with van der Waals surface area (Å²) in [6.45, 7) is 13.5. The van der Waals surface area contributed by atoms with Crippen LogP contribution >= 0.6 is 0 Å². The third-order valence-corrected chi connectivity index (χ3v) is 19.5. The van der Waals surface area contributed by atoms with Gasteiger partial charge in [0.05, 0.1) is 38.1 Å². The summed E-state index contributed by atoms with van der Waals surface area (Å²) >= 11 is 0. The Bertz CT molecular complexity index is 1800. The molecule has 7 N–H and O–H groups in total. The van der Waals surface area contributed by atoms with Gasteiger partial charge < -0.3 is 50.0 Å². The van der Waals surface area contributed by atoms with Gasteiger partial charge in [-0.15, -0.1) is 0 Å². The van der Waals surface area contributed by atoms with Gasteiger partial charge in [0, 0.05) is 12.0 Å². The minimum atomic E-state index is -1.50. The monoisotopic (exact) mass is 867 g/mol. The summed E-state index contributed by atoms with van der Waals surface area (Å²) < 4.78 is 19.7. The molecule has 17 unspecified atom stereocenters. The van der Waals surface area contributed by atoms with Crippen LogP contribution in [0.2, 0.25) is 0 Å². The lowest BCUT2D eigenvalue weighted by Gasteiger charge is -2.76. The maximum atomic E-state index is 14.0. The predicted molar refractivity (Wildman–Crippen MR) is 233 cm³/mol. The van der Waals surface area contributed by atoms with Crippen LogP contribution in [0.15, 0.2) is 42.0 Å². The van der Waals surface area contributed by atoms with Crippen molar-refractivity contribution in [1.82, 2.24) is 0 Å². The molecule has 0 bridgehead atoms. The molecule has 62 heavy (non-hydrogen) atoms. The average molecular weight is 867 g/mol. The molecular weight excluding hydrogens is 789 g/mol. The second-order valence-corrected chi connectivity index (χ2v) is 22.9. The van der Waals surface area contributed by atoms with Crippen LogP contribution in [0.25, 0.3) is 0 Å². The Hall–Kier alpha value is -1.93. The van der Waals surface area contributed by atoms with Gasteiger partial charge >= 0.3 is 5.97 Å². The number of carboxylic acid groups (broad SMARTS) is 1. The van der Waals surface area contributed by atoms with Crippen molar-refractivity contribution in [3.63, 3.8) is 0 Å². The van der Waals surface area contributed by atoms with Crippen LogP contribution in [0.5, 0.6) is 0 Å². The minimum Gasteiger partial charge on any atom is -0.481 e. The first-order valence-corrected chi connectivity index (χ1v) is 24.2. The van der Waals surface area contributed by atoms with Crippen molar-refractivity contribution in [3.8, 4) is 0 Å². The van der Waals surface area contributed by atoms with Crippen molar-refractivity contribution < 1.29 is 54.8 Å². The summed E-state index contributed by atoms with van der Waals surface area (Å²) in [5.74, 6) is -1.23. The van der Waals surface area contributed by atoms with Gasteiger partial charge in [-0.05, 0) is 114 Å². The molecule has 8 rings (SSSR count). The Morgan fingerprint density at radius 2 is 1.58 bits per heavy atom. The molecule has 6 aliphatic carbocycles. The Labute approximate surface area is 369 Å². The van der Waals surface area contributed by atoms with Crippen molar-refractivity contribution in [1.29, 1.82) is 0 Å². The summed E-state index contributed by atoms with van der Waals surface area (Å²) in [4.78, 5) is 14.0. The van der Waals surface area contributed by atoms with Gasteiger partial charge in [-0.2, -0.15) is 0 Å². The normalized spacial score (nSPS) is 48.4. The van der Waals surface area contributed by atoms with E-state index in [-0.39, 0.29) is 54.8 Å². The first-order chi connectivity index (χ1) is 29.3. The molecule has 0 amide bonds. The second-order valence-electron chi connectivity index (χ2n) is 22.9. The Morgan fingerprint density at radius 3 is 2.23 bits per heavy atom. The third-order valence-electron chi connectivity index (χ3n) is 19.5. The van der Waals surface area contributed by atoms with E-state index in [2.05, 4.69) is 40.7 Å². The molecule has 1 aromatic carbocycles. The Morgan fingerprint density at radius 1 is 0.871 bits per heavy atom. The van der Waals surface area contributed by atoms with Gasteiger partial charge in [-0.1, -0.05) is 116 Å². The van der Waals surface area contributed by atoms with E-state index in [1.807, 2.05) is 37.3 Å². The minimum absolute atomic E-state index is 0.00734. The molecule has 0 radical (unpaired) electrons. The zero-order chi connectivity index (χ0) is 44.7. The smallest absolute Gasteiger partial charge is 0.312 e. The molecule has 7 aliphatic rings. The number of hydrogen-bond donors (Lipinski definition) is 7. The van der Waals surface area contributed by atoms with Crippen LogP contribution in [-0.2, 0) is 25.6 Å². The zero-order valence-electron chi connectivity index (χ0n) is 38.3. The predicted octanol–water partition coefficient (Wildman–Crippen LogP) is 6.78. The van der Waals surface area contributed by atoms with Crippen LogP contribution in [0.3, 0.4) is 0 Å². The number of unbranched alkanes of at least 4 members (excludes halogenated alkanes) is 2. The molecule has 11 heteroatoms. The second kappa shape index (κ2) is 16.7. The van der Waals surface area contributed by atoms with Crippen molar-refractivity contribution >= 4 is 5.97 Å². The fraction of sp³-hybridized carbons (Fsp3) is 0.824. The molecule has 1 spiro atoms. The Kier molecular flexibility index (Phi) is 12.6. The van der Waals surface area contributed by atoms with Gasteiger partial charge in [0.25, 0.3) is 0 Å². The van der Waals surface area contributed by atoms with Crippen molar-refractivity contribution in [3.05, 3.63) is 47.5 Å². The number of rotatable bonds is 12. The maximum Gasteiger partial charge on any atom is 0.312 e. The fourth-order valence-corrected chi connectivity index (χ4v) is 16.6. The number of ether oxygens (including phenoxy) is 3. The summed E-state index contributed by atoms with van der Waals surface area (Å²) in [6, 6.07) is 10.0. The molecule has 17 atom stereocenters. The van der Waals surface area contributed by atoms with Crippen LogP contribution in [-0.4, -0.2) is 104 Å². The van der Waals surface area contributed by atoms with E-state index in [0.29, 0.717) is 25.9 Å². The molecular formula is C51H78O11. The fourth-order valence-electron chi connectivity index (χ4n) is 16.6. The van der Waals surface area contributed by atoms with Crippen LogP contribution in [0.4, 0.5) is 0 Å². The van der Waals surface area contributed by atoms with E-state index in [9.17, 15) is 40.5 Å². The van der Waals surface area contributed by atoms with E-state index >= 15 is 0 Å². The lowest BCUT2D eigenvalue weighted by molar-refractivity contribution is -0.337. The van der Waals surface area contributed by atoms with Gasteiger partial charge in [-0.25, -0.2) is 0 Å². The van der Waals surface area contributed by atoms with E-state index < -0.39 is 81.9 Å². The number of aliphatic hydroxyl groups excluding tert-OH is 6. The molecule has 1 aromatic rings. The Balaban J connectivity index is 1.30. The molecule has 0 aromatic heterocycles. The number of aliphatic carboxylic acids is 1. The number of carboxylic acids is 1. The number of hydrogen-bond acceptors (Lipinski definition) is 10. The van der Waals surface area contributed by atoms with Gasteiger partial charge in [0.15, 0.2) is 6.29 Å². The third kappa shape index (κ3) is 6.86. The number of carbonyl (C=O) groups is 1. The SMILES string of the molecule is CCCCCC1CC2(C(=O)O)C(O)CC(C)(CO)CC2C2=CC3(CCCC3)C3C4(C)CC(OCc5ccccc5)C(OC5OCC(O)C(O)C5O)C(C)(CO)C4CCC3(C)C21C. The highest BCUT2D eigenvalue weighted by molar-refractivity contribution is 5.78. The van der Waals surface area contributed by atoms with Crippen molar-refractivity contribution in [2.75, 3.05) is 19.8 Å². The highest BCUT2D eigenvalue weighted by Crippen LogP contribution is 2.81. The van der Waals surface area contributed by atoms with Crippen molar-refractivity contribution in [2.45, 2.75) is 181 Å². The van der Waals surface area contributed by atoms with E-state index in [4.69, 9.17) is 14.2 Å². The zero-order valence-corrected chi connectivity index (χ0v) is 38.3. The molecule has 348 valence electrons. The molecule has 1 aliphatic heterocycles. The molecule has 1 saturated heterocycles. The van der Waals surface area contributed by atoms with Gasteiger partial charge in [0.2, 0.25) is 0 Å². The van der Waals surface area contributed by atoms with Crippen LogP contribution in [0.1, 0.15) is 137 Å². The molecule has 6 fully saturated rings. The lowest BCUT2D eigenvalue weighted by atomic mass is 9.28. The average Bonchev–Trinajstić information content (AvgIpc) is 3.70. The van der Waals surface area contributed by atoms with Gasteiger partial charge in [-0.3, -0.25) is 4.79 Å². The van der Waals surface area contributed by atoms with Crippen LogP contribution in [0, 0.1) is 61.6 Å². The van der Waals surface area contributed by atoms with Crippen molar-refractivity contribution in [2.24, 2.45) is 61.6 Å². The first-order valence-electron chi connectivity index (χ1n) is 24.2. The summed E-state index contributed by atoms with van der Waals surface area (Å²) in [7, 11) is 0. The molecule has 1 heterocycles. The van der Waals surface area contributed by atoms with E-state index in [0.717, 1.165) is 69.8 Å². The number of aliphatic hydroxyl groups is 6. The first kappa shape index (κ1) is 46.6. The van der Waals surface area contributed by atoms with Crippen LogP contribution < -0.4 is 0 Å². The quantitative estimate of drug-likeness (QED) is 0.0667. The summed E-state index contributed by atoms with van der Waals surface area (Å²) in [6.07, 6.45) is 6.26. The summed E-state index contributed by atoms with van der Waals surface area (Å²) in [5, 5.41) is 78.6. The highest BCUT2D eigenvalue weighted by Gasteiger charge is 2.77. The molecule has 5 saturated carbocycles. The molecule has 11 nitrogen and oxygen atoms in total. The summed E-state index contributed by atoms with van der Waals surface area (Å²) in [5.41, 5.74) is -1.99. The number of benzene rings is 1. The largest absolute Gasteiger partial charge is 0.481 e. The van der Waals surface area contributed by atoms with Gasteiger partial charge in [0.1, 0.15) is 23.7 Å². The van der Waals surface area contributed by atoms with E-state index in [1.165, 1.54) is 5.57 Å². The highest BCUT2D eigenvalue weighted by atomic mass is 16.7. The topological polar surface area (TPSA) is 186 Å². The van der Waals surface area contributed by atoms with E-state index in [1.54, 1.807) is 0 Å². The number of fused-ring (bicyclic) bond motifs is 8. The lowest BCUT2D eigenvalue weighted by Crippen LogP contribution is -2.73. The maximum absolute atomic E-state index is 14.0. The number of allylic oxidation sites excluding steroid dienone is 2. The standard InChI is InChI=1S/C51H78O11/c1-7-8-10-17-32-22-51(44(58)59)34(23-45(2,29-52)26-38(51)55)33-24-50(19-13-14-20-50)43-46(3)25-36(60-27-31-15-11-9-12-16-31)41(62-42-40(57)39(56)35(54)28-61-42)47(4,30-53)37(46)18-21-48(43,5)49(32,33)6/h9,11-12,15-16,24,32,34-43,52-57H,7-8,10,13-14,17-23,25-30H2,1-6H3,(H,58,59).